The number of carbonyl (C=O) groups excluding carboxylic acids is 2. The van der Waals surface area contributed by atoms with E-state index in [1.54, 1.807) is 24.3 Å². The van der Waals surface area contributed by atoms with Gasteiger partial charge in [-0.2, -0.15) is 0 Å². The van der Waals surface area contributed by atoms with Gasteiger partial charge in [0.15, 0.2) is 0 Å². The van der Waals surface area contributed by atoms with Crippen LogP contribution in [0.5, 0.6) is 0 Å². The molecule has 2 aromatic rings. The Kier molecular flexibility index (Phi) is 6.42. The van der Waals surface area contributed by atoms with Crippen LogP contribution in [0.2, 0.25) is 0 Å². The maximum absolute atomic E-state index is 13.3. The van der Waals surface area contributed by atoms with Crippen molar-refractivity contribution in [3.05, 3.63) is 69.8 Å². The molecule has 0 bridgehead atoms. The van der Waals surface area contributed by atoms with Crippen molar-refractivity contribution < 1.29 is 14.3 Å². The fourth-order valence-corrected chi connectivity index (χ4v) is 3.88. The van der Waals surface area contributed by atoms with Crippen LogP contribution in [0.1, 0.15) is 104 Å². The summed E-state index contributed by atoms with van der Waals surface area (Å²) in [6.07, 6.45) is 0. The molecule has 0 atom stereocenters. The van der Waals surface area contributed by atoms with E-state index in [2.05, 4.69) is 68.4 Å². The summed E-state index contributed by atoms with van der Waals surface area (Å²) >= 11 is 0. The van der Waals surface area contributed by atoms with Gasteiger partial charge in [0.1, 0.15) is 0 Å². The summed E-state index contributed by atoms with van der Waals surface area (Å²) in [5, 5.41) is 0. The molecule has 3 nitrogen and oxygen atoms in total. The number of benzene rings is 2. The second-order valence-corrected chi connectivity index (χ2v) is 10.1. The number of esters is 2. The maximum Gasteiger partial charge on any atom is 0.346 e. The third kappa shape index (κ3) is 4.95. The smallest absolute Gasteiger partial charge is 0.346 e. The predicted octanol–water partition coefficient (Wildman–Crippen LogP) is 6.71. The lowest BCUT2D eigenvalue weighted by atomic mass is 9.72. The zero-order chi connectivity index (χ0) is 22.1. The predicted molar refractivity (Wildman–Crippen MR) is 119 cm³/mol. The second kappa shape index (κ2) is 8.14. The molecule has 0 N–H and O–H groups in total. The van der Waals surface area contributed by atoms with Gasteiger partial charge in [0.25, 0.3) is 0 Å². The second-order valence-electron chi connectivity index (χ2n) is 10.1. The molecule has 0 heterocycles. The van der Waals surface area contributed by atoms with E-state index in [1.165, 1.54) is 5.56 Å². The van der Waals surface area contributed by atoms with Crippen molar-refractivity contribution in [2.75, 3.05) is 0 Å². The first-order chi connectivity index (χ1) is 13.2. The normalized spacial score (nSPS) is 12.2. The minimum absolute atomic E-state index is 0.0595. The number of carbonyl (C=O) groups is 2. The average Bonchev–Trinajstić information content (AvgIpc) is 2.59. The van der Waals surface area contributed by atoms with E-state index in [0.717, 1.165) is 16.7 Å². The van der Waals surface area contributed by atoms with Crippen molar-refractivity contribution in [3.8, 4) is 0 Å². The van der Waals surface area contributed by atoms with Crippen molar-refractivity contribution in [2.45, 2.75) is 79.1 Å². The molecule has 0 aliphatic heterocycles. The average molecular weight is 395 g/mol. The highest BCUT2D eigenvalue weighted by Gasteiger charge is 2.32. The van der Waals surface area contributed by atoms with Crippen LogP contribution >= 0.6 is 0 Å². The fraction of sp³-hybridized carbons (Fsp3) is 0.462. The van der Waals surface area contributed by atoms with Crippen LogP contribution in [0.25, 0.3) is 0 Å². The highest BCUT2D eigenvalue weighted by atomic mass is 16.6. The van der Waals surface area contributed by atoms with E-state index in [1.807, 2.05) is 6.07 Å². The fourth-order valence-electron chi connectivity index (χ4n) is 3.88. The topological polar surface area (TPSA) is 43.4 Å². The molecule has 0 fully saturated rings. The van der Waals surface area contributed by atoms with Gasteiger partial charge in [0.05, 0.1) is 11.1 Å². The molecule has 2 aromatic carbocycles. The first-order valence-corrected chi connectivity index (χ1v) is 10.2. The highest BCUT2D eigenvalue weighted by Crippen LogP contribution is 2.39. The van der Waals surface area contributed by atoms with Gasteiger partial charge < -0.3 is 4.74 Å². The number of hydrogen-bond acceptors (Lipinski definition) is 3. The summed E-state index contributed by atoms with van der Waals surface area (Å²) in [6.45, 7) is 19.0. The summed E-state index contributed by atoms with van der Waals surface area (Å²) < 4.78 is 5.35. The van der Waals surface area contributed by atoms with E-state index >= 15 is 0 Å². The number of ether oxygens (including phenoxy) is 1. The standard InChI is InChI=1S/C26H34O3/c1-16(2)21-17(3)19(25(4,5)6)15-20(26(7,8)9)22(21)24(28)29-23(27)18-13-11-10-12-14-18/h10-16H,1-9H3. The van der Waals surface area contributed by atoms with Gasteiger partial charge in [-0.25, -0.2) is 9.59 Å². The van der Waals surface area contributed by atoms with Crippen LogP contribution in [0.4, 0.5) is 0 Å². The zero-order valence-electron chi connectivity index (χ0n) is 19.3. The van der Waals surface area contributed by atoms with E-state index in [4.69, 9.17) is 4.74 Å². The Morgan fingerprint density at radius 1 is 0.828 bits per heavy atom. The molecule has 0 spiro atoms. The Morgan fingerprint density at radius 2 is 1.34 bits per heavy atom. The quantitative estimate of drug-likeness (QED) is 0.429. The molecular formula is C26H34O3. The Morgan fingerprint density at radius 3 is 1.79 bits per heavy atom. The molecule has 0 unspecified atom stereocenters. The highest BCUT2D eigenvalue weighted by molar-refractivity contribution is 6.04. The molecule has 0 radical (unpaired) electrons. The minimum atomic E-state index is -0.622. The monoisotopic (exact) mass is 394 g/mol. The molecule has 0 aliphatic carbocycles. The van der Waals surface area contributed by atoms with Gasteiger partial charge in [-0.15, -0.1) is 0 Å². The van der Waals surface area contributed by atoms with Crippen LogP contribution in [0.3, 0.4) is 0 Å². The molecule has 0 aromatic heterocycles. The lowest BCUT2D eigenvalue weighted by molar-refractivity contribution is 0.0394. The summed E-state index contributed by atoms with van der Waals surface area (Å²) in [6, 6.07) is 10.8. The Balaban J connectivity index is 2.70. The van der Waals surface area contributed by atoms with Gasteiger partial charge in [-0.3, -0.25) is 0 Å². The van der Waals surface area contributed by atoms with Crippen molar-refractivity contribution >= 4 is 11.9 Å². The summed E-state index contributed by atoms with van der Waals surface area (Å²) in [4.78, 5) is 25.8. The molecule has 156 valence electrons. The molecule has 0 amide bonds. The molecular weight excluding hydrogens is 360 g/mol. The third-order valence-corrected chi connectivity index (χ3v) is 5.23. The van der Waals surface area contributed by atoms with Crippen molar-refractivity contribution in [1.29, 1.82) is 0 Å². The molecule has 0 aliphatic rings. The minimum Gasteiger partial charge on any atom is -0.386 e. The number of rotatable bonds is 3. The lowest BCUT2D eigenvalue weighted by Crippen LogP contribution is -2.26. The van der Waals surface area contributed by atoms with Gasteiger partial charge in [-0.1, -0.05) is 79.7 Å². The SMILES string of the molecule is Cc1c(C(C)(C)C)cc(C(C)(C)C)c(C(=O)OC(=O)c2ccccc2)c1C(C)C. The Hall–Kier alpha value is -2.42. The first-order valence-electron chi connectivity index (χ1n) is 10.2. The summed E-state index contributed by atoms with van der Waals surface area (Å²) in [7, 11) is 0. The zero-order valence-corrected chi connectivity index (χ0v) is 19.3. The molecule has 0 saturated heterocycles. The maximum atomic E-state index is 13.3. The van der Waals surface area contributed by atoms with Crippen molar-refractivity contribution in [3.63, 3.8) is 0 Å². The molecule has 2 rings (SSSR count). The van der Waals surface area contributed by atoms with Gasteiger partial charge in [0.2, 0.25) is 0 Å². The Labute approximate surface area is 175 Å². The largest absolute Gasteiger partial charge is 0.386 e. The third-order valence-electron chi connectivity index (χ3n) is 5.23. The lowest BCUT2D eigenvalue weighted by Gasteiger charge is -2.32. The first kappa shape index (κ1) is 22.9. The molecule has 29 heavy (non-hydrogen) atoms. The van der Waals surface area contributed by atoms with Gasteiger partial charge >= 0.3 is 11.9 Å². The van der Waals surface area contributed by atoms with Crippen LogP contribution in [-0.2, 0) is 15.6 Å². The van der Waals surface area contributed by atoms with Crippen LogP contribution in [0.15, 0.2) is 36.4 Å². The molecule has 3 heteroatoms. The van der Waals surface area contributed by atoms with Crippen LogP contribution in [0, 0.1) is 6.92 Å². The number of hydrogen-bond donors (Lipinski definition) is 0. The van der Waals surface area contributed by atoms with Crippen molar-refractivity contribution in [2.24, 2.45) is 0 Å². The van der Waals surface area contributed by atoms with Gasteiger partial charge in [0, 0.05) is 0 Å². The van der Waals surface area contributed by atoms with Crippen LogP contribution in [-0.4, -0.2) is 11.9 Å². The van der Waals surface area contributed by atoms with Crippen LogP contribution < -0.4 is 0 Å². The van der Waals surface area contributed by atoms with Gasteiger partial charge in [-0.05, 0) is 58.1 Å². The van der Waals surface area contributed by atoms with E-state index in [-0.39, 0.29) is 16.7 Å². The summed E-state index contributed by atoms with van der Waals surface area (Å²) in [5.74, 6) is -1.08. The Bertz CT molecular complexity index is 908. The molecule has 0 saturated carbocycles. The van der Waals surface area contributed by atoms with E-state index in [9.17, 15) is 9.59 Å². The van der Waals surface area contributed by atoms with Crippen molar-refractivity contribution in [1.82, 2.24) is 0 Å². The van der Waals surface area contributed by atoms with E-state index < -0.39 is 11.9 Å². The summed E-state index contributed by atoms with van der Waals surface area (Å²) in [5.41, 5.74) is 4.76. The van der Waals surface area contributed by atoms with E-state index in [0.29, 0.717) is 11.1 Å².